The van der Waals surface area contributed by atoms with E-state index in [4.69, 9.17) is 15.2 Å². The first-order chi connectivity index (χ1) is 7.51. The lowest BCUT2D eigenvalue weighted by Crippen LogP contribution is -2.24. The highest BCUT2D eigenvalue weighted by molar-refractivity contribution is 5.85. The topological polar surface area (TPSA) is 64.7 Å². The summed E-state index contributed by atoms with van der Waals surface area (Å²) in [5.41, 5.74) is 7.65. The largest absolute Gasteiger partial charge is 0.496 e. The van der Waals surface area contributed by atoms with Gasteiger partial charge in [0.25, 0.3) is 0 Å². The molecule has 0 bridgehead atoms. The van der Waals surface area contributed by atoms with Gasteiger partial charge in [-0.25, -0.2) is 0 Å². The van der Waals surface area contributed by atoms with Crippen LogP contribution in [0.5, 0.6) is 11.5 Å². The summed E-state index contributed by atoms with van der Waals surface area (Å²) in [6.45, 7) is 3.59. The van der Waals surface area contributed by atoms with Gasteiger partial charge >= 0.3 is 0 Å². The molecule has 0 radical (unpaired) electrons. The molecule has 4 nitrogen and oxygen atoms in total. The predicted molar refractivity (Wildman–Crippen MR) is 70.1 cm³/mol. The number of hydrogen-bond donors (Lipinski definition) is 2. The van der Waals surface area contributed by atoms with Gasteiger partial charge in [0.15, 0.2) is 0 Å². The summed E-state index contributed by atoms with van der Waals surface area (Å²) in [6.07, 6.45) is -0.662. The van der Waals surface area contributed by atoms with Gasteiger partial charge in [0.1, 0.15) is 11.5 Å². The van der Waals surface area contributed by atoms with Gasteiger partial charge in [-0.1, -0.05) is 0 Å². The van der Waals surface area contributed by atoms with Crippen LogP contribution in [0.15, 0.2) is 12.1 Å². The maximum absolute atomic E-state index is 9.55. The van der Waals surface area contributed by atoms with Gasteiger partial charge in [-0.05, 0) is 31.5 Å². The van der Waals surface area contributed by atoms with E-state index in [9.17, 15) is 5.11 Å². The number of methoxy groups -OCH3 is 2. The van der Waals surface area contributed by atoms with Crippen molar-refractivity contribution in [1.82, 2.24) is 0 Å². The Bertz CT molecular complexity index is 344. The Kier molecular flexibility index (Phi) is 6.31. The molecule has 0 aliphatic carbocycles. The third-order valence-corrected chi connectivity index (χ3v) is 2.54. The fraction of sp³-hybridized carbons (Fsp3) is 0.500. The highest BCUT2D eigenvalue weighted by Gasteiger charge is 2.21. The van der Waals surface area contributed by atoms with Crippen molar-refractivity contribution in [3.63, 3.8) is 0 Å². The van der Waals surface area contributed by atoms with E-state index >= 15 is 0 Å². The Hall–Kier alpha value is -0.970. The minimum Gasteiger partial charge on any atom is -0.496 e. The maximum atomic E-state index is 9.55. The second kappa shape index (κ2) is 6.69. The summed E-state index contributed by atoms with van der Waals surface area (Å²) in [4.78, 5) is 0. The van der Waals surface area contributed by atoms with Crippen LogP contribution in [0.1, 0.15) is 24.1 Å². The summed E-state index contributed by atoms with van der Waals surface area (Å²) >= 11 is 0. The molecule has 0 saturated carbocycles. The third-order valence-electron chi connectivity index (χ3n) is 2.54. The van der Waals surface area contributed by atoms with Crippen LogP contribution in [0.3, 0.4) is 0 Å². The molecule has 5 heteroatoms. The molecule has 1 aromatic rings. The summed E-state index contributed by atoms with van der Waals surface area (Å²) in [6, 6.07) is 3.23. The molecule has 0 spiro atoms. The van der Waals surface area contributed by atoms with Crippen molar-refractivity contribution in [3.8, 4) is 11.5 Å². The van der Waals surface area contributed by atoms with Crippen LogP contribution in [0.2, 0.25) is 0 Å². The monoisotopic (exact) mass is 261 g/mol. The molecular weight excluding hydrogens is 242 g/mol. The van der Waals surface area contributed by atoms with Gasteiger partial charge in [0.05, 0.1) is 31.9 Å². The number of halogens is 1. The molecule has 0 aromatic heterocycles. The van der Waals surface area contributed by atoms with Gasteiger partial charge in [-0.2, -0.15) is 0 Å². The number of benzene rings is 1. The summed E-state index contributed by atoms with van der Waals surface area (Å²) in [7, 11) is 3.15. The number of aliphatic hydroxyl groups is 1. The minimum atomic E-state index is -0.662. The molecule has 3 N–H and O–H groups in total. The Morgan fingerprint density at radius 3 is 1.88 bits per heavy atom. The number of rotatable bonds is 4. The standard InChI is InChI=1S/C12H19NO3.ClH/c1-7-5-9(15-3)11(10(6-7)16-4)12(13)8(2)14;/h5-6,8,12,14H,13H2,1-4H3;1H/t8-,12-;/m1./s1. The Balaban J connectivity index is 0.00000256. The SMILES string of the molecule is COc1cc(C)cc(OC)c1[C@H](N)[C@@H](C)O.Cl. The van der Waals surface area contributed by atoms with Crippen LogP contribution in [0, 0.1) is 6.92 Å². The van der Waals surface area contributed by atoms with Crippen molar-refractivity contribution < 1.29 is 14.6 Å². The predicted octanol–water partition coefficient (Wildman–Crippen LogP) is 1.81. The zero-order valence-corrected chi connectivity index (χ0v) is 11.4. The second-order valence-electron chi connectivity index (χ2n) is 3.85. The number of nitrogens with two attached hydrogens (primary N) is 1. The highest BCUT2D eigenvalue weighted by atomic mass is 35.5. The van der Waals surface area contributed by atoms with Gasteiger partial charge in [-0.3, -0.25) is 0 Å². The quantitative estimate of drug-likeness (QED) is 0.868. The van der Waals surface area contributed by atoms with Crippen LogP contribution < -0.4 is 15.2 Å². The van der Waals surface area contributed by atoms with Gasteiger partial charge < -0.3 is 20.3 Å². The zero-order chi connectivity index (χ0) is 12.3. The molecule has 0 heterocycles. The summed E-state index contributed by atoms with van der Waals surface area (Å²) < 4.78 is 10.5. The zero-order valence-electron chi connectivity index (χ0n) is 10.6. The molecule has 1 aromatic carbocycles. The van der Waals surface area contributed by atoms with Crippen LogP contribution in [0.25, 0.3) is 0 Å². The van der Waals surface area contributed by atoms with E-state index in [1.807, 2.05) is 19.1 Å². The molecule has 17 heavy (non-hydrogen) atoms. The molecule has 0 saturated heterocycles. The number of aryl methyl sites for hydroxylation is 1. The molecule has 0 fully saturated rings. The summed E-state index contributed by atoms with van der Waals surface area (Å²) in [5, 5.41) is 9.55. The maximum Gasteiger partial charge on any atom is 0.127 e. The van der Waals surface area contributed by atoms with Crippen LogP contribution in [-0.4, -0.2) is 25.4 Å². The van der Waals surface area contributed by atoms with Crippen molar-refractivity contribution in [2.45, 2.75) is 26.0 Å². The van der Waals surface area contributed by atoms with E-state index in [0.29, 0.717) is 17.1 Å². The van der Waals surface area contributed by atoms with Gasteiger partial charge in [0, 0.05) is 0 Å². The lowest BCUT2D eigenvalue weighted by atomic mass is 9.99. The number of aliphatic hydroxyl groups excluding tert-OH is 1. The Morgan fingerprint density at radius 1 is 1.18 bits per heavy atom. The normalized spacial score (nSPS) is 13.5. The first-order valence-corrected chi connectivity index (χ1v) is 5.17. The lowest BCUT2D eigenvalue weighted by Gasteiger charge is -2.21. The van der Waals surface area contributed by atoms with E-state index in [-0.39, 0.29) is 12.4 Å². The lowest BCUT2D eigenvalue weighted by molar-refractivity contribution is 0.161. The smallest absolute Gasteiger partial charge is 0.127 e. The van der Waals surface area contributed by atoms with Crippen molar-refractivity contribution in [2.75, 3.05) is 14.2 Å². The highest BCUT2D eigenvalue weighted by Crippen LogP contribution is 2.35. The first-order valence-electron chi connectivity index (χ1n) is 5.17. The van der Waals surface area contributed by atoms with Crippen molar-refractivity contribution in [1.29, 1.82) is 0 Å². The van der Waals surface area contributed by atoms with E-state index < -0.39 is 12.1 Å². The molecular formula is C12H20ClNO3. The van der Waals surface area contributed by atoms with Crippen molar-refractivity contribution >= 4 is 12.4 Å². The average molecular weight is 262 g/mol. The van der Waals surface area contributed by atoms with E-state index in [1.54, 1.807) is 21.1 Å². The summed E-state index contributed by atoms with van der Waals surface area (Å²) in [5.74, 6) is 1.29. The van der Waals surface area contributed by atoms with Crippen LogP contribution in [-0.2, 0) is 0 Å². The molecule has 0 aliphatic rings. The van der Waals surface area contributed by atoms with Crippen molar-refractivity contribution in [3.05, 3.63) is 23.3 Å². The number of hydrogen-bond acceptors (Lipinski definition) is 4. The van der Waals surface area contributed by atoms with Gasteiger partial charge in [0.2, 0.25) is 0 Å². The molecule has 98 valence electrons. The molecule has 0 unspecified atom stereocenters. The number of ether oxygens (including phenoxy) is 2. The average Bonchev–Trinajstić information content (AvgIpc) is 2.26. The molecule has 0 amide bonds. The van der Waals surface area contributed by atoms with E-state index in [0.717, 1.165) is 5.56 Å². The minimum absolute atomic E-state index is 0. The molecule has 0 aliphatic heterocycles. The van der Waals surface area contributed by atoms with Gasteiger partial charge in [-0.15, -0.1) is 12.4 Å². The Morgan fingerprint density at radius 2 is 1.59 bits per heavy atom. The molecule has 2 atom stereocenters. The van der Waals surface area contributed by atoms with E-state index in [2.05, 4.69) is 0 Å². The van der Waals surface area contributed by atoms with Crippen LogP contribution >= 0.6 is 12.4 Å². The van der Waals surface area contributed by atoms with Crippen molar-refractivity contribution in [2.24, 2.45) is 5.73 Å². The van der Waals surface area contributed by atoms with E-state index in [1.165, 1.54) is 0 Å². The molecule has 1 rings (SSSR count). The second-order valence-corrected chi connectivity index (χ2v) is 3.85. The third kappa shape index (κ3) is 3.49. The fourth-order valence-electron chi connectivity index (χ4n) is 1.64. The first kappa shape index (κ1) is 16.0. The van der Waals surface area contributed by atoms with Crippen LogP contribution in [0.4, 0.5) is 0 Å². The fourth-order valence-corrected chi connectivity index (χ4v) is 1.64. The Labute approximate surface area is 108 Å².